The van der Waals surface area contributed by atoms with Gasteiger partial charge in [-0.15, -0.1) is 0 Å². The Morgan fingerprint density at radius 1 is 1.31 bits per heavy atom. The number of hydrogen-bond acceptors (Lipinski definition) is 4. The van der Waals surface area contributed by atoms with E-state index in [2.05, 4.69) is 4.18 Å². The molecule has 4 nitrogen and oxygen atoms in total. The second-order valence-electron chi connectivity index (χ2n) is 2.72. The van der Waals surface area contributed by atoms with Gasteiger partial charge < -0.3 is 4.57 Å². The van der Waals surface area contributed by atoms with Gasteiger partial charge in [0.05, 0.1) is 0 Å². The fourth-order valence-corrected chi connectivity index (χ4v) is 1.97. The van der Waals surface area contributed by atoms with E-state index in [9.17, 15) is 26.2 Å². The van der Waals surface area contributed by atoms with Crippen LogP contribution in [0.15, 0.2) is 0 Å². The average Bonchev–Trinajstić information content (AvgIpc) is 1.79. The molecule has 0 N–H and O–H groups in total. The number of halogens is 3. The molecule has 0 bridgehead atoms. The van der Waals surface area contributed by atoms with Gasteiger partial charge in [0, 0.05) is 0 Å². The van der Waals surface area contributed by atoms with Gasteiger partial charge in [0.15, 0.2) is 0 Å². The first-order valence-corrected chi connectivity index (χ1v) is 7.15. The molecule has 0 saturated carbocycles. The minimum Gasteiger partial charge on any atom is -0.322 e. The maximum absolute atomic E-state index is 11.6. The Morgan fingerprint density at radius 2 is 1.69 bits per heavy atom. The van der Waals surface area contributed by atoms with Crippen LogP contribution in [0, 0.1) is 0 Å². The van der Waals surface area contributed by atoms with Crippen LogP contribution in [0.2, 0.25) is 0 Å². The molecule has 9 heteroatoms. The Bertz CT molecular complexity index is 313. The Kier molecular flexibility index (Phi) is 3.57. The molecule has 0 aliphatic rings. The summed E-state index contributed by atoms with van der Waals surface area (Å²) in [6.45, 7) is 2.25. The first-order chi connectivity index (χ1) is 5.46. The summed E-state index contributed by atoms with van der Waals surface area (Å²) in [6, 6.07) is 0. The molecule has 80 valence electrons. The van der Waals surface area contributed by atoms with Crippen LogP contribution in [0.5, 0.6) is 0 Å². The highest BCUT2D eigenvalue weighted by atomic mass is 32.2. The molecule has 0 aromatic rings. The molecule has 0 atom stereocenters. The molecule has 0 unspecified atom stereocenters. The highest BCUT2D eigenvalue weighted by Gasteiger charge is 2.47. The predicted octanol–water partition coefficient (Wildman–Crippen LogP) is 1.43. The third kappa shape index (κ3) is 4.64. The average molecular weight is 240 g/mol. The van der Waals surface area contributed by atoms with Gasteiger partial charge in [0.25, 0.3) is 0 Å². The molecule has 0 aliphatic carbocycles. The Balaban J connectivity index is 4.49. The van der Waals surface area contributed by atoms with E-state index in [1.807, 2.05) is 0 Å². The van der Waals surface area contributed by atoms with Gasteiger partial charge in [0.2, 0.25) is 0 Å². The van der Waals surface area contributed by atoms with Gasteiger partial charge in [-0.25, -0.2) is 0 Å². The number of rotatable bonds is 3. The van der Waals surface area contributed by atoms with E-state index in [0.717, 1.165) is 13.3 Å². The van der Waals surface area contributed by atoms with Crippen LogP contribution in [0.3, 0.4) is 0 Å². The van der Waals surface area contributed by atoms with E-state index in [1.54, 1.807) is 0 Å². The van der Waals surface area contributed by atoms with E-state index >= 15 is 0 Å². The molecular weight excluding hydrogens is 232 g/mol. The van der Waals surface area contributed by atoms with Gasteiger partial charge in [-0.05, 0) is 13.3 Å². The van der Waals surface area contributed by atoms with Crippen molar-refractivity contribution >= 4 is 17.3 Å². The Hall–Kier alpha value is -0.0700. The number of alkyl halides is 3. The van der Waals surface area contributed by atoms with Crippen LogP contribution in [0.4, 0.5) is 13.2 Å². The molecule has 0 aromatic carbocycles. The lowest BCUT2D eigenvalue weighted by Gasteiger charge is -2.09. The van der Waals surface area contributed by atoms with Crippen LogP contribution < -0.4 is 0 Å². The molecular formula is C4H8F3O4PS. The van der Waals surface area contributed by atoms with Crippen molar-refractivity contribution in [2.75, 3.05) is 19.7 Å². The lowest BCUT2D eigenvalue weighted by Crippen LogP contribution is -2.25. The first-order valence-electron chi connectivity index (χ1n) is 2.95. The molecule has 0 aliphatic heterocycles. The van der Waals surface area contributed by atoms with Gasteiger partial charge in [-0.1, -0.05) is 0 Å². The maximum Gasteiger partial charge on any atom is 0.523 e. The summed E-state index contributed by atoms with van der Waals surface area (Å²) in [4.78, 5) is 0. The quantitative estimate of drug-likeness (QED) is 0.425. The summed E-state index contributed by atoms with van der Waals surface area (Å²) in [6.07, 6.45) is -0.936. The summed E-state index contributed by atoms with van der Waals surface area (Å²) < 4.78 is 69.7. The smallest absolute Gasteiger partial charge is 0.322 e. The SMILES string of the molecule is CP(C)(=O)COS(=O)(=O)C(F)(F)F. The van der Waals surface area contributed by atoms with Crippen molar-refractivity contribution in [3.05, 3.63) is 0 Å². The van der Waals surface area contributed by atoms with E-state index in [4.69, 9.17) is 0 Å². The first kappa shape index (κ1) is 12.9. The van der Waals surface area contributed by atoms with E-state index in [1.165, 1.54) is 0 Å². The van der Waals surface area contributed by atoms with Gasteiger partial charge in [-0.2, -0.15) is 21.6 Å². The van der Waals surface area contributed by atoms with Crippen molar-refractivity contribution in [2.45, 2.75) is 5.51 Å². The Morgan fingerprint density at radius 3 is 1.92 bits per heavy atom. The fourth-order valence-electron chi connectivity index (χ4n) is 0.263. The topological polar surface area (TPSA) is 60.4 Å². The summed E-state index contributed by atoms with van der Waals surface area (Å²) in [5.41, 5.74) is -5.46. The molecule has 0 fully saturated rings. The van der Waals surface area contributed by atoms with Crippen molar-refractivity contribution in [1.29, 1.82) is 0 Å². The monoisotopic (exact) mass is 240 g/mol. The zero-order valence-electron chi connectivity index (χ0n) is 6.83. The summed E-state index contributed by atoms with van der Waals surface area (Å²) >= 11 is 0. The van der Waals surface area contributed by atoms with Crippen LogP contribution >= 0.6 is 7.14 Å². The zero-order chi connectivity index (χ0) is 10.9. The molecule has 0 heterocycles. The van der Waals surface area contributed by atoms with Crippen LogP contribution in [0.25, 0.3) is 0 Å². The van der Waals surface area contributed by atoms with Crippen molar-refractivity contribution in [3.63, 3.8) is 0 Å². The Labute approximate surface area is 73.6 Å². The molecule has 0 aromatic heterocycles. The molecule has 0 amide bonds. The molecule has 0 spiro atoms. The molecule has 13 heavy (non-hydrogen) atoms. The standard InChI is InChI=1S/C4H8F3O4PS/c1-12(2,8)3-11-13(9,10)4(5,6)7/h3H2,1-2H3. The molecule has 0 saturated heterocycles. The van der Waals surface area contributed by atoms with E-state index in [0.29, 0.717) is 0 Å². The van der Waals surface area contributed by atoms with E-state index < -0.39 is 29.1 Å². The second kappa shape index (κ2) is 3.59. The maximum atomic E-state index is 11.6. The predicted molar refractivity (Wildman–Crippen MR) is 40.4 cm³/mol. The highest BCUT2D eigenvalue weighted by Crippen LogP contribution is 2.37. The summed E-state index contributed by atoms with van der Waals surface area (Å²) in [5.74, 6) is 0. The summed E-state index contributed by atoms with van der Waals surface area (Å²) in [7, 11) is -8.54. The zero-order valence-corrected chi connectivity index (χ0v) is 8.54. The minimum atomic E-state index is -5.60. The van der Waals surface area contributed by atoms with E-state index in [-0.39, 0.29) is 0 Å². The highest BCUT2D eigenvalue weighted by molar-refractivity contribution is 7.87. The molecule has 0 radical (unpaired) electrons. The second-order valence-corrected chi connectivity index (χ2v) is 7.73. The summed E-state index contributed by atoms with van der Waals surface area (Å²) in [5, 5.41) is 0. The van der Waals surface area contributed by atoms with Crippen molar-refractivity contribution in [1.82, 2.24) is 0 Å². The molecule has 0 rings (SSSR count). The lowest BCUT2D eigenvalue weighted by atomic mass is 11.6. The van der Waals surface area contributed by atoms with Crippen molar-refractivity contribution in [2.24, 2.45) is 0 Å². The van der Waals surface area contributed by atoms with Crippen LogP contribution in [-0.4, -0.2) is 33.6 Å². The normalized spacial score (nSPS) is 14.5. The third-order valence-electron chi connectivity index (χ3n) is 0.802. The largest absolute Gasteiger partial charge is 0.523 e. The van der Waals surface area contributed by atoms with Crippen molar-refractivity contribution in [3.8, 4) is 0 Å². The van der Waals surface area contributed by atoms with Crippen LogP contribution in [0.1, 0.15) is 0 Å². The number of hydrogen-bond donors (Lipinski definition) is 0. The van der Waals surface area contributed by atoms with Gasteiger partial charge >= 0.3 is 15.6 Å². The van der Waals surface area contributed by atoms with Gasteiger partial charge in [0.1, 0.15) is 13.5 Å². The lowest BCUT2D eigenvalue weighted by molar-refractivity contribution is -0.0531. The minimum absolute atomic E-state index is 0.936. The third-order valence-corrected chi connectivity index (χ3v) is 2.72. The van der Waals surface area contributed by atoms with Gasteiger partial charge in [-0.3, -0.25) is 4.18 Å². The fraction of sp³-hybridized carbons (Fsp3) is 1.00. The van der Waals surface area contributed by atoms with Crippen LogP contribution in [-0.2, 0) is 18.9 Å². The van der Waals surface area contributed by atoms with Crippen molar-refractivity contribution < 1.29 is 30.3 Å².